The molecule has 0 amide bonds. The van der Waals surface area contributed by atoms with Crippen molar-refractivity contribution < 1.29 is 0 Å². The Hall–Kier alpha value is -2.21. The van der Waals surface area contributed by atoms with Gasteiger partial charge in [-0.25, -0.2) is 9.97 Å². The van der Waals surface area contributed by atoms with Crippen LogP contribution in [0.3, 0.4) is 0 Å². The standard InChI is InChI=1S/C17H23N5O/c1-4-22-12-19-15-11-21(8-7-14(15)17(22)23)10-13-5-6-16(18-9-13)20(2)3/h5-6,9,12H,4,7-8,10-11H2,1-3H3. The van der Waals surface area contributed by atoms with Crippen molar-refractivity contribution in [3.05, 3.63) is 51.8 Å². The number of aryl methyl sites for hydroxylation is 1. The second-order valence-electron chi connectivity index (χ2n) is 6.14. The van der Waals surface area contributed by atoms with Crippen LogP contribution in [-0.4, -0.2) is 40.1 Å². The third-order valence-electron chi connectivity index (χ3n) is 4.29. The number of nitrogens with zero attached hydrogens (tertiary/aromatic N) is 5. The first-order chi connectivity index (χ1) is 11.1. The topological polar surface area (TPSA) is 54.3 Å². The first kappa shape index (κ1) is 15.7. The summed E-state index contributed by atoms with van der Waals surface area (Å²) in [7, 11) is 3.97. The lowest BCUT2D eigenvalue weighted by Gasteiger charge is -2.27. The van der Waals surface area contributed by atoms with Gasteiger partial charge in [0.2, 0.25) is 0 Å². The Morgan fingerprint density at radius 3 is 2.74 bits per heavy atom. The molecule has 1 aliphatic heterocycles. The van der Waals surface area contributed by atoms with Gasteiger partial charge in [-0.1, -0.05) is 6.07 Å². The van der Waals surface area contributed by atoms with Crippen LogP contribution in [0.5, 0.6) is 0 Å². The van der Waals surface area contributed by atoms with Gasteiger partial charge >= 0.3 is 0 Å². The molecule has 23 heavy (non-hydrogen) atoms. The molecule has 0 saturated heterocycles. The highest BCUT2D eigenvalue weighted by Crippen LogP contribution is 2.17. The molecule has 6 heteroatoms. The van der Waals surface area contributed by atoms with E-state index >= 15 is 0 Å². The van der Waals surface area contributed by atoms with E-state index in [1.807, 2.05) is 38.2 Å². The molecule has 0 aliphatic carbocycles. The molecule has 0 aromatic carbocycles. The van der Waals surface area contributed by atoms with Crippen molar-refractivity contribution in [2.45, 2.75) is 33.0 Å². The fourth-order valence-electron chi connectivity index (χ4n) is 2.91. The molecule has 0 radical (unpaired) electrons. The van der Waals surface area contributed by atoms with Crippen LogP contribution in [-0.2, 0) is 26.1 Å². The Bertz CT molecular complexity index is 736. The van der Waals surface area contributed by atoms with Gasteiger partial charge in [-0.3, -0.25) is 14.3 Å². The predicted octanol–water partition coefficient (Wildman–Crippen LogP) is 1.28. The molecule has 3 heterocycles. The van der Waals surface area contributed by atoms with Crippen molar-refractivity contribution in [2.24, 2.45) is 0 Å². The molecule has 6 nitrogen and oxygen atoms in total. The average molecular weight is 313 g/mol. The summed E-state index contributed by atoms with van der Waals surface area (Å²) in [4.78, 5) is 25.5. The Kier molecular flexibility index (Phi) is 4.43. The quantitative estimate of drug-likeness (QED) is 0.851. The largest absolute Gasteiger partial charge is 0.363 e. The minimum atomic E-state index is 0.120. The van der Waals surface area contributed by atoms with Crippen LogP contribution in [0.1, 0.15) is 23.7 Å². The summed E-state index contributed by atoms with van der Waals surface area (Å²) < 4.78 is 1.68. The zero-order valence-electron chi connectivity index (χ0n) is 14.0. The highest BCUT2D eigenvalue weighted by Gasteiger charge is 2.21. The number of aromatic nitrogens is 3. The molecule has 2 aromatic rings. The van der Waals surface area contributed by atoms with Crippen molar-refractivity contribution in [1.82, 2.24) is 19.4 Å². The zero-order chi connectivity index (χ0) is 16.4. The molecule has 0 spiro atoms. The first-order valence-electron chi connectivity index (χ1n) is 8.00. The molecule has 0 bridgehead atoms. The molecular weight excluding hydrogens is 290 g/mol. The Morgan fingerprint density at radius 1 is 1.26 bits per heavy atom. The Balaban J connectivity index is 1.72. The summed E-state index contributed by atoms with van der Waals surface area (Å²) in [6.45, 7) is 5.08. The van der Waals surface area contributed by atoms with Crippen LogP contribution in [0, 0.1) is 0 Å². The molecule has 0 saturated carbocycles. The van der Waals surface area contributed by atoms with Crippen LogP contribution < -0.4 is 10.5 Å². The maximum atomic E-state index is 12.3. The smallest absolute Gasteiger partial charge is 0.256 e. The van der Waals surface area contributed by atoms with Gasteiger partial charge in [-0.15, -0.1) is 0 Å². The third-order valence-corrected chi connectivity index (χ3v) is 4.29. The minimum absolute atomic E-state index is 0.120. The SMILES string of the molecule is CCn1cnc2c(c1=O)CCN(Cc1ccc(N(C)C)nc1)C2. The van der Waals surface area contributed by atoms with Gasteiger partial charge < -0.3 is 4.90 Å². The molecule has 0 N–H and O–H groups in total. The summed E-state index contributed by atoms with van der Waals surface area (Å²) in [6, 6.07) is 4.14. The lowest BCUT2D eigenvalue weighted by molar-refractivity contribution is 0.239. The zero-order valence-corrected chi connectivity index (χ0v) is 14.0. The lowest BCUT2D eigenvalue weighted by Crippen LogP contribution is -2.36. The van der Waals surface area contributed by atoms with E-state index in [1.165, 1.54) is 5.56 Å². The summed E-state index contributed by atoms with van der Waals surface area (Å²) >= 11 is 0. The van der Waals surface area contributed by atoms with Crippen LogP contribution in [0.4, 0.5) is 5.82 Å². The van der Waals surface area contributed by atoms with Crippen molar-refractivity contribution in [1.29, 1.82) is 0 Å². The summed E-state index contributed by atoms with van der Waals surface area (Å²) in [5, 5.41) is 0. The highest BCUT2D eigenvalue weighted by molar-refractivity contribution is 5.37. The molecule has 0 unspecified atom stereocenters. The number of anilines is 1. The monoisotopic (exact) mass is 313 g/mol. The molecule has 122 valence electrons. The fourth-order valence-corrected chi connectivity index (χ4v) is 2.91. The predicted molar refractivity (Wildman–Crippen MR) is 90.6 cm³/mol. The summed E-state index contributed by atoms with van der Waals surface area (Å²) in [5.41, 5.74) is 3.10. The number of rotatable bonds is 4. The van der Waals surface area contributed by atoms with E-state index in [1.54, 1.807) is 10.9 Å². The van der Waals surface area contributed by atoms with Gasteiger partial charge in [-0.05, 0) is 25.0 Å². The van der Waals surface area contributed by atoms with Crippen molar-refractivity contribution >= 4 is 5.82 Å². The number of pyridine rings is 1. The number of hydrogen-bond acceptors (Lipinski definition) is 5. The van der Waals surface area contributed by atoms with Crippen molar-refractivity contribution in [2.75, 3.05) is 25.5 Å². The van der Waals surface area contributed by atoms with Gasteiger partial charge in [0.1, 0.15) is 5.82 Å². The second kappa shape index (κ2) is 6.50. The normalized spacial score (nSPS) is 14.6. The van der Waals surface area contributed by atoms with Gasteiger partial charge in [-0.2, -0.15) is 0 Å². The van der Waals surface area contributed by atoms with E-state index in [4.69, 9.17) is 0 Å². The third kappa shape index (κ3) is 3.27. The van der Waals surface area contributed by atoms with E-state index < -0.39 is 0 Å². The number of hydrogen-bond donors (Lipinski definition) is 0. The maximum Gasteiger partial charge on any atom is 0.256 e. The van der Waals surface area contributed by atoms with Crippen LogP contribution in [0.15, 0.2) is 29.5 Å². The first-order valence-corrected chi connectivity index (χ1v) is 8.00. The Morgan fingerprint density at radius 2 is 2.09 bits per heavy atom. The molecule has 0 fully saturated rings. The van der Waals surface area contributed by atoms with Gasteiger partial charge in [0.15, 0.2) is 0 Å². The maximum absolute atomic E-state index is 12.3. The fraction of sp³-hybridized carbons (Fsp3) is 0.471. The van der Waals surface area contributed by atoms with Crippen LogP contribution in [0.25, 0.3) is 0 Å². The van der Waals surface area contributed by atoms with Gasteiger partial charge in [0.25, 0.3) is 5.56 Å². The Labute approximate surface area is 136 Å². The van der Waals surface area contributed by atoms with Gasteiger partial charge in [0.05, 0.1) is 12.0 Å². The molecule has 2 aromatic heterocycles. The number of fused-ring (bicyclic) bond motifs is 1. The molecule has 0 atom stereocenters. The van der Waals surface area contributed by atoms with E-state index in [2.05, 4.69) is 20.9 Å². The van der Waals surface area contributed by atoms with Crippen LogP contribution >= 0.6 is 0 Å². The van der Waals surface area contributed by atoms with Gasteiger partial charge in [0, 0.05) is 52.0 Å². The van der Waals surface area contributed by atoms with E-state index in [-0.39, 0.29) is 5.56 Å². The van der Waals surface area contributed by atoms with Crippen molar-refractivity contribution in [3.8, 4) is 0 Å². The second-order valence-corrected chi connectivity index (χ2v) is 6.14. The summed E-state index contributed by atoms with van der Waals surface area (Å²) in [6.07, 6.45) is 4.36. The molecular formula is C17H23N5O. The highest BCUT2D eigenvalue weighted by atomic mass is 16.1. The minimum Gasteiger partial charge on any atom is -0.363 e. The van der Waals surface area contributed by atoms with E-state index in [9.17, 15) is 4.79 Å². The summed E-state index contributed by atoms with van der Waals surface area (Å²) in [5.74, 6) is 0.958. The van der Waals surface area contributed by atoms with E-state index in [0.717, 1.165) is 43.1 Å². The average Bonchev–Trinajstić information content (AvgIpc) is 2.56. The molecule has 3 rings (SSSR count). The van der Waals surface area contributed by atoms with Crippen LogP contribution in [0.2, 0.25) is 0 Å². The van der Waals surface area contributed by atoms with Crippen molar-refractivity contribution in [3.63, 3.8) is 0 Å². The van der Waals surface area contributed by atoms with E-state index in [0.29, 0.717) is 6.54 Å². The lowest BCUT2D eigenvalue weighted by atomic mass is 10.1. The molecule has 1 aliphatic rings.